The summed E-state index contributed by atoms with van der Waals surface area (Å²) >= 11 is 0. The Balaban J connectivity index is 1.45. The minimum atomic E-state index is 0.186. The average Bonchev–Trinajstić information content (AvgIpc) is 3.65. The van der Waals surface area contributed by atoms with E-state index < -0.39 is 0 Å². The summed E-state index contributed by atoms with van der Waals surface area (Å²) in [6.07, 6.45) is 6.05. The van der Waals surface area contributed by atoms with Crippen LogP contribution >= 0.6 is 0 Å². The highest BCUT2D eigenvalue weighted by atomic mass is 16.6. The second-order valence-corrected chi connectivity index (χ2v) is 8.01. The van der Waals surface area contributed by atoms with Gasteiger partial charge >= 0.3 is 0 Å². The summed E-state index contributed by atoms with van der Waals surface area (Å²) in [5.41, 5.74) is 2.07. The monoisotopic (exact) mass is 422 g/mol. The van der Waals surface area contributed by atoms with E-state index in [2.05, 4.69) is 13.2 Å². The molecule has 0 saturated carbocycles. The minimum Gasteiger partial charge on any atom is -0.490 e. The van der Waals surface area contributed by atoms with E-state index in [1.54, 1.807) is 0 Å². The van der Waals surface area contributed by atoms with Gasteiger partial charge in [-0.05, 0) is 63.1 Å². The van der Waals surface area contributed by atoms with Crippen LogP contribution in [0, 0.1) is 0 Å². The highest BCUT2D eigenvalue weighted by Crippen LogP contribution is 2.33. The highest BCUT2D eigenvalue weighted by Gasteiger charge is 2.35. The van der Waals surface area contributed by atoms with Crippen LogP contribution in [-0.2, 0) is 22.3 Å². The summed E-state index contributed by atoms with van der Waals surface area (Å²) in [5, 5.41) is 0. The molecule has 0 aliphatic carbocycles. The third-order valence-corrected chi connectivity index (χ3v) is 5.51. The van der Waals surface area contributed by atoms with E-state index in [9.17, 15) is 0 Å². The molecule has 31 heavy (non-hydrogen) atoms. The lowest BCUT2D eigenvalue weighted by atomic mass is 10.1. The summed E-state index contributed by atoms with van der Waals surface area (Å²) in [7, 11) is 0. The van der Waals surface area contributed by atoms with Crippen LogP contribution in [0.1, 0.15) is 25.0 Å². The van der Waals surface area contributed by atoms with Gasteiger partial charge in [0.25, 0.3) is 0 Å². The van der Waals surface area contributed by atoms with Crippen LogP contribution < -0.4 is 14.2 Å². The van der Waals surface area contributed by atoms with E-state index in [-0.39, 0.29) is 24.4 Å². The fraction of sp³-hybridized carbons (Fsp3) is 0.385. The molecule has 0 N–H and O–H groups in total. The molecule has 4 atom stereocenters. The molecule has 0 amide bonds. The van der Waals surface area contributed by atoms with Crippen molar-refractivity contribution in [3.63, 3.8) is 0 Å². The van der Waals surface area contributed by atoms with E-state index in [4.69, 9.17) is 23.7 Å². The first-order valence-electron chi connectivity index (χ1n) is 10.8. The molecule has 5 nitrogen and oxygen atoms in total. The first-order valence-corrected chi connectivity index (χ1v) is 10.8. The topological polar surface area (TPSA) is 52.8 Å². The molecule has 2 aromatic rings. The van der Waals surface area contributed by atoms with Crippen LogP contribution in [0.4, 0.5) is 0 Å². The van der Waals surface area contributed by atoms with Crippen LogP contribution in [-0.4, -0.2) is 37.6 Å². The van der Waals surface area contributed by atoms with Gasteiger partial charge in [-0.25, -0.2) is 0 Å². The first-order chi connectivity index (χ1) is 15.1. The van der Waals surface area contributed by atoms with E-state index in [1.807, 2.05) is 62.4 Å². The van der Waals surface area contributed by atoms with Crippen molar-refractivity contribution in [2.45, 2.75) is 51.1 Å². The van der Waals surface area contributed by atoms with E-state index in [0.717, 1.165) is 34.1 Å². The Kier molecular flexibility index (Phi) is 6.64. The number of ether oxygens (including phenoxy) is 5. The Labute approximate surface area is 184 Å². The van der Waals surface area contributed by atoms with Crippen LogP contribution in [0.15, 0.2) is 61.7 Å². The van der Waals surface area contributed by atoms with Gasteiger partial charge in [-0.2, -0.15) is 0 Å². The summed E-state index contributed by atoms with van der Waals surface area (Å²) < 4.78 is 28.9. The molecule has 2 saturated heterocycles. The Morgan fingerprint density at radius 3 is 1.55 bits per heavy atom. The fourth-order valence-corrected chi connectivity index (χ4v) is 3.44. The molecular weight excluding hydrogens is 392 g/mol. The molecule has 0 radical (unpaired) electrons. The molecular formula is C26H30O5. The largest absolute Gasteiger partial charge is 0.490 e. The van der Waals surface area contributed by atoms with Gasteiger partial charge in [-0.3, -0.25) is 0 Å². The van der Waals surface area contributed by atoms with Gasteiger partial charge in [0.15, 0.2) is 0 Å². The number of rotatable bonds is 12. The van der Waals surface area contributed by atoms with Crippen LogP contribution in [0.25, 0.3) is 0 Å². The molecule has 4 rings (SSSR count). The molecule has 0 bridgehead atoms. The van der Waals surface area contributed by atoms with E-state index in [0.29, 0.717) is 26.1 Å². The number of allylic oxidation sites excluding steroid dienone is 2. The Bertz CT molecular complexity index is 862. The predicted octanol–water partition coefficient (Wildman–Crippen LogP) is 5.27. The highest BCUT2D eigenvalue weighted by molar-refractivity contribution is 5.46. The zero-order chi connectivity index (χ0) is 21.8. The quantitative estimate of drug-likeness (QED) is 0.345. The van der Waals surface area contributed by atoms with Gasteiger partial charge in [0.05, 0.1) is 12.2 Å². The Hall–Kier alpha value is -2.76. The summed E-state index contributed by atoms with van der Waals surface area (Å²) in [6.45, 7) is 12.9. The lowest BCUT2D eigenvalue weighted by molar-refractivity contribution is 0.259. The fourth-order valence-electron chi connectivity index (χ4n) is 3.44. The van der Waals surface area contributed by atoms with Crippen molar-refractivity contribution < 1.29 is 23.7 Å². The summed E-state index contributed by atoms with van der Waals surface area (Å²) in [4.78, 5) is 0. The second-order valence-electron chi connectivity index (χ2n) is 8.01. The van der Waals surface area contributed by atoms with Crippen LogP contribution in [0.5, 0.6) is 23.0 Å². The lowest BCUT2D eigenvalue weighted by Gasteiger charge is -2.14. The molecule has 5 heteroatoms. The molecule has 0 spiro atoms. The average molecular weight is 423 g/mol. The molecule has 4 unspecified atom stereocenters. The van der Waals surface area contributed by atoms with Gasteiger partial charge in [-0.15, -0.1) is 13.2 Å². The van der Waals surface area contributed by atoms with Crippen molar-refractivity contribution in [3.8, 4) is 23.0 Å². The van der Waals surface area contributed by atoms with Crippen molar-refractivity contribution in [2.75, 3.05) is 13.2 Å². The molecule has 2 aromatic carbocycles. The summed E-state index contributed by atoms with van der Waals surface area (Å²) in [6, 6.07) is 11.7. The maximum Gasteiger partial charge on any atom is 0.127 e. The molecule has 2 fully saturated rings. The smallest absolute Gasteiger partial charge is 0.127 e. The Morgan fingerprint density at radius 1 is 0.774 bits per heavy atom. The van der Waals surface area contributed by atoms with Crippen molar-refractivity contribution in [3.05, 3.63) is 72.8 Å². The minimum absolute atomic E-state index is 0.186. The Morgan fingerprint density at radius 2 is 1.19 bits per heavy atom. The van der Waals surface area contributed by atoms with Crippen LogP contribution in [0.3, 0.4) is 0 Å². The zero-order valence-corrected chi connectivity index (χ0v) is 18.2. The first kappa shape index (κ1) is 21.5. The normalized spacial score (nSPS) is 23.7. The molecule has 2 heterocycles. The number of hydrogen-bond acceptors (Lipinski definition) is 5. The second kappa shape index (κ2) is 9.58. The maximum absolute atomic E-state index is 6.14. The third kappa shape index (κ3) is 5.69. The van der Waals surface area contributed by atoms with Gasteiger partial charge in [0, 0.05) is 11.1 Å². The standard InChI is InChI=1S/C26H30O5/c1-5-7-19-13-21(9-11-23(19)27-15-25-17(3)29-25)31-22-10-12-24(20(14-22)8-6-2)28-16-26-18(4)30-26/h5-6,9-14,17-18,25-26H,1-2,7-8,15-16H2,3-4H3. The lowest BCUT2D eigenvalue weighted by Crippen LogP contribution is -2.08. The predicted molar refractivity (Wildman–Crippen MR) is 120 cm³/mol. The molecule has 0 aromatic heterocycles. The van der Waals surface area contributed by atoms with Gasteiger partial charge < -0.3 is 23.7 Å². The molecule has 164 valence electrons. The van der Waals surface area contributed by atoms with E-state index >= 15 is 0 Å². The molecule has 2 aliphatic rings. The van der Waals surface area contributed by atoms with Crippen LogP contribution in [0.2, 0.25) is 0 Å². The van der Waals surface area contributed by atoms with Crippen molar-refractivity contribution >= 4 is 0 Å². The summed E-state index contributed by atoms with van der Waals surface area (Å²) in [5.74, 6) is 3.17. The van der Waals surface area contributed by atoms with E-state index in [1.165, 1.54) is 0 Å². The van der Waals surface area contributed by atoms with Gasteiger partial charge in [-0.1, -0.05) is 12.2 Å². The van der Waals surface area contributed by atoms with Crippen molar-refractivity contribution in [2.24, 2.45) is 0 Å². The third-order valence-electron chi connectivity index (χ3n) is 5.51. The number of benzene rings is 2. The number of epoxide rings is 2. The zero-order valence-electron chi connectivity index (χ0n) is 18.2. The van der Waals surface area contributed by atoms with Gasteiger partial charge in [0.2, 0.25) is 0 Å². The van der Waals surface area contributed by atoms with Crippen molar-refractivity contribution in [1.29, 1.82) is 0 Å². The number of hydrogen-bond donors (Lipinski definition) is 0. The van der Waals surface area contributed by atoms with Crippen molar-refractivity contribution in [1.82, 2.24) is 0 Å². The maximum atomic E-state index is 6.14. The van der Waals surface area contributed by atoms with Gasteiger partial charge in [0.1, 0.15) is 48.4 Å². The SMILES string of the molecule is C=CCc1cc(Oc2ccc(OCC3OC3C)c(CC=C)c2)ccc1OCC1OC1C. The molecule has 2 aliphatic heterocycles.